The summed E-state index contributed by atoms with van der Waals surface area (Å²) in [7, 11) is 0. The zero-order valence-electron chi connectivity index (χ0n) is 26.3. The summed E-state index contributed by atoms with van der Waals surface area (Å²) in [5.74, 6) is 4.49. The minimum Gasteiger partial charge on any atom is -0.508 e. The van der Waals surface area contributed by atoms with Crippen LogP contribution in [0.2, 0.25) is 0 Å². The van der Waals surface area contributed by atoms with Crippen LogP contribution in [-0.4, -0.2) is 10.2 Å². The van der Waals surface area contributed by atoms with Crippen molar-refractivity contribution in [3.8, 4) is 11.5 Å². The maximum atomic E-state index is 11.0. The van der Waals surface area contributed by atoms with Crippen LogP contribution in [0.15, 0.2) is 46.2 Å². The van der Waals surface area contributed by atoms with Gasteiger partial charge in [-0.15, -0.1) is 0 Å². The summed E-state index contributed by atoms with van der Waals surface area (Å²) >= 11 is 1.72. The lowest BCUT2D eigenvalue weighted by molar-refractivity contribution is 0.221. The lowest BCUT2D eigenvalue weighted by Crippen LogP contribution is -2.22. The number of hydrogen-bond donors (Lipinski definition) is 2. The van der Waals surface area contributed by atoms with Gasteiger partial charge in [0.05, 0.1) is 0 Å². The Balaban J connectivity index is 2.36. The fraction of sp³-hybridized carbons (Fsp3) is 0.667. The molecule has 0 amide bonds. The van der Waals surface area contributed by atoms with Crippen LogP contribution in [0.5, 0.6) is 11.5 Å². The molecule has 0 radical (unpaired) electrons. The third-order valence-electron chi connectivity index (χ3n) is 9.14. The summed E-state index contributed by atoms with van der Waals surface area (Å²) < 4.78 is 0. The molecule has 0 aliphatic carbocycles. The van der Waals surface area contributed by atoms with Crippen LogP contribution in [0.1, 0.15) is 118 Å². The maximum Gasteiger partial charge on any atom is 0.119 e. The molecule has 0 bridgehead atoms. The molecule has 0 saturated carbocycles. The molecule has 0 aliphatic heterocycles. The Morgan fingerprint density at radius 3 is 1.23 bits per heavy atom. The highest BCUT2D eigenvalue weighted by Gasteiger charge is 2.27. The van der Waals surface area contributed by atoms with Crippen molar-refractivity contribution in [1.29, 1.82) is 0 Å². The van der Waals surface area contributed by atoms with Gasteiger partial charge in [0.2, 0.25) is 0 Å². The van der Waals surface area contributed by atoms with Crippen LogP contribution < -0.4 is 0 Å². The van der Waals surface area contributed by atoms with Gasteiger partial charge in [-0.1, -0.05) is 131 Å². The third-order valence-corrected chi connectivity index (χ3v) is 10.3. The maximum absolute atomic E-state index is 11.0. The molecular weight excluding hydrogens is 496 g/mol. The van der Waals surface area contributed by atoms with E-state index in [9.17, 15) is 10.2 Å². The number of aromatic hydroxyl groups is 2. The van der Waals surface area contributed by atoms with E-state index >= 15 is 0 Å². The second-order valence-corrected chi connectivity index (χ2v) is 13.5. The number of phenolic OH excluding ortho intramolecular Hbond substituents is 2. The Morgan fingerprint density at radius 1 is 0.538 bits per heavy atom. The molecule has 39 heavy (non-hydrogen) atoms. The van der Waals surface area contributed by atoms with Gasteiger partial charge in [0.1, 0.15) is 11.5 Å². The number of benzene rings is 2. The van der Waals surface area contributed by atoms with Gasteiger partial charge in [0.25, 0.3) is 0 Å². The predicted octanol–water partition coefficient (Wildman–Crippen LogP) is 11.3. The zero-order valence-corrected chi connectivity index (χ0v) is 27.1. The first-order chi connectivity index (χ1) is 18.7. The molecule has 0 saturated heterocycles. The second kappa shape index (κ2) is 17.3. The van der Waals surface area contributed by atoms with Crippen LogP contribution in [0, 0.1) is 35.5 Å². The van der Waals surface area contributed by atoms with Crippen molar-refractivity contribution in [2.45, 2.75) is 129 Å². The summed E-state index contributed by atoms with van der Waals surface area (Å²) in [6.07, 6.45) is 11.6. The summed E-state index contributed by atoms with van der Waals surface area (Å²) in [5.41, 5.74) is 2.12. The predicted molar refractivity (Wildman–Crippen MR) is 171 cm³/mol. The van der Waals surface area contributed by atoms with Crippen molar-refractivity contribution in [3.05, 3.63) is 47.5 Å². The molecule has 2 nitrogen and oxygen atoms in total. The van der Waals surface area contributed by atoms with E-state index in [1.807, 2.05) is 24.3 Å². The Morgan fingerprint density at radius 2 is 0.897 bits per heavy atom. The summed E-state index contributed by atoms with van der Waals surface area (Å²) in [5, 5.41) is 22.0. The third kappa shape index (κ3) is 9.76. The first kappa shape index (κ1) is 33.6. The highest BCUT2D eigenvalue weighted by molar-refractivity contribution is 7.99. The molecule has 6 atom stereocenters. The van der Waals surface area contributed by atoms with Gasteiger partial charge in [-0.05, 0) is 72.6 Å². The van der Waals surface area contributed by atoms with Crippen LogP contribution in [0.3, 0.4) is 0 Å². The Labute approximate surface area is 245 Å². The summed E-state index contributed by atoms with van der Waals surface area (Å²) in [6, 6.07) is 11.9. The van der Waals surface area contributed by atoms with Crippen LogP contribution in [0.25, 0.3) is 0 Å². The highest BCUT2D eigenvalue weighted by atomic mass is 32.2. The van der Waals surface area contributed by atoms with E-state index in [0.29, 0.717) is 47.0 Å². The fourth-order valence-corrected chi connectivity index (χ4v) is 8.19. The van der Waals surface area contributed by atoms with Crippen molar-refractivity contribution >= 4 is 11.8 Å². The van der Waals surface area contributed by atoms with E-state index in [4.69, 9.17) is 0 Å². The molecule has 0 aromatic heterocycles. The van der Waals surface area contributed by atoms with Gasteiger partial charge in [-0.25, -0.2) is 0 Å². The molecule has 0 spiro atoms. The number of hydrogen-bond acceptors (Lipinski definition) is 3. The van der Waals surface area contributed by atoms with Gasteiger partial charge < -0.3 is 10.2 Å². The van der Waals surface area contributed by atoms with E-state index in [2.05, 4.69) is 67.5 Å². The molecule has 2 aromatic rings. The standard InChI is InChI=1S/C36H58O2S/c1-9-15-25(5)29(17-11-3)27(7)23-31-33(37)19-13-21-35(31)39-36-22-14-20-34(38)32(36)24-28(8)30(18-12-4)26(6)16-10-2/h13-14,19-22,25-30,37-38H,9-12,15-18,23-24H2,1-8H3. The minimum atomic E-state index is 0.400. The molecule has 0 heterocycles. The zero-order chi connectivity index (χ0) is 28.9. The molecular formula is C36H58O2S. The van der Waals surface area contributed by atoms with Crippen molar-refractivity contribution < 1.29 is 10.2 Å². The van der Waals surface area contributed by atoms with E-state index in [-0.39, 0.29) is 0 Å². The van der Waals surface area contributed by atoms with Crippen molar-refractivity contribution in [1.82, 2.24) is 0 Å². The largest absolute Gasteiger partial charge is 0.508 e. The number of phenols is 2. The normalized spacial score (nSPS) is 16.4. The van der Waals surface area contributed by atoms with Crippen molar-refractivity contribution in [2.24, 2.45) is 35.5 Å². The van der Waals surface area contributed by atoms with Crippen LogP contribution in [0.4, 0.5) is 0 Å². The monoisotopic (exact) mass is 554 g/mol. The topological polar surface area (TPSA) is 40.5 Å². The summed E-state index contributed by atoms with van der Waals surface area (Å²) in [6.45, 7) is 18.7. The average Bonchev–Trinajstić information content (AvgIpc) is 2.89. The van der Waals surface area contributed by atoms with Gasteiger partial charge in [0, 0.05) is 20.9 Å². The Hall–Kier alpha value is -1.61. The molecule has 0 fully saturated rings. The lowest BCUT2D eigenvalue weighted by Gasteiger charge is -2.31. The SMILES string of the molecule is CCCC(C)C(CCC)C(C)Cc1c(O)cccc1Sc1cccc(O)c1CC(C)C(CCC)C(C)CCC. The Bertz CT molecular complexity index is 893. The van der Waals surface area contributed by atoms with Gasteiger partial charge in [-0.2, -0.15) is 0 Å². The average molecular weight is 555 g/mol. The molecule has 6 unspecified atom stereocenters. The molecule has 2 N–H and O–H groups in total. The summed E-state index contributed by atoms with van der Waals surface area (Å²) in [4.78, 5) is 2.23. The first-order valence-corrected chi connectivity index (χ1v) is 16.8. The van der Waals surface area contributed by atoms with E-state index in [0.717, 1.165) is 33.8 Å². The van der Waals surface area contributed by atoms with Gasteiger partial charge in [-0.3, -0.25) is 0 Å². The minimum absolute atomic E-state index is 0.400. The highest BCUT2D eigenvalue weighted by Crippen LogP contribution is 2.43. The fourth-order valence-electron chi connectivity index (χ4n) is 7.04. The molecule has 3 heteroatoms. The first-order valence-electron chi connectivity index (χ1n) is 16.0. The second-order valence-electron chi connectivity index (χ2n) is 12.4. The number of rotatable bonds is 18. The quantitative estimate of drug-likeness (QED) is 0.192. The van der Waals surface area contributed by atoms with Gasteiger partial charge >= 0.3 is 0 Å². The van der Waals surface area contributed by atoms with Crippen molar-refractivity contribution in [3.63, 3.8) is 0 Å². The van der Waals surface area contributed by atoms with Crippen LogP contribution >= 0.6 is 11.8 Å². The van der Waals surface area contributed by atoms with E-state index in [1.54, 1.807) is 11.8 Å². The Kier molecular flexibility index (Phi) is 14.9. The van der Waals surface area contributed by atoms with Gasteiger partial charge in [0.15, 0.2) is 0 Å². The molecule has 0 aliphatic rings. The molecule has 220 valence electrons. The van der Waals surface area contributed by atoms with E-state index < -0.39 is 0 Å². The van der Waals surface area contributed by atoms with Crippen LogP contribution in [-0.2, 0) is 12.8 Å². The molecule has 2 rings (SSSR count). The smallest absolute Gasteiger partial charge is 0.119 e. The van der Waals surface area contributed by atoms with E-state index in [1.165, 1.54) is 51.4 Å². The molecule has 2 aromatic carbocycles. The lowest BCUT2D eigenvalue weighted by atomic mass is 9.76. The van der Waals surface area contributed by atoms with Crippen molar-refractivity contribution in [2.75, 3.05) is 0 Å².